The summed E-state index contributed by atoms with van der Waals surface area (Å²) in [5.41, 5.74) is 0.717. The van der Waals surface area contributed by atoms with Gasteiger partial charge >= 0.3 is 0 Å². The summed E-state index contributed by atoms with van der Waals surface area (Å²) in [7, 11) is 0. The van der Waals surface area contributed by atoms with Gasteiger partial charge in [0.15, 0.2) is 0 Å². The van der Waals surface area contributed by atoms with Gasteiger partial charge in [-0.1, -0.05) is 6.07 Å². The van der Waals surface area contributed by atoms with E-state index >= 15 is 0 Å². The maximum Gasteiger partial charge on any atom is 0.237 e. The first-order valence-corrected chi connectivity index (χ1v) is 7.35. The van der Waals surface area contributed by atoms with Crippen LogP contribution in [0.4, 0.5) is 0 Å². The summed E-state index contributed by atoms with van der Waals surface area (Å²) in [6.07, 6.45) is 1.77. The van der Waals surface area contributed by atoms with Crippen LogP contribution in [0, 0.1) is 0 Å². The van der Waals surface area contributed by atoms with E-state index < -0.39 is 0 Å². The molecule has 0 bridgehead atoms. The first-order chi connectivity index (χ1) is 9.69. The molecule has 118 valence electrons. The molecule has 0 aliphatic rings. The van der Waals surface area contributed by atoms with Gasteiger partial charge in [-0.2, -0.15) is 0 Å². The van der Waals surface area contributed by atoms with E-state index in [-0.39, 0.29) is 23.6 Å². The lowest BCUT2D eigenvalue weighted by Gasteiger charge is -2.24. The number of hydrogen-bond donors (Lipinski definition) is 2. The molecule has 0 aromatic carbocycles. The maximum absolute atomic E-state index is 12.0. The highest BCUT2D eigenvalue weighted by Crippen LogP contribution is 2.15. The highest BCUT2D eigenvalue weighted by molar-refractivity contribution is 5.81. The molecule has 1 heterocycles. The topological polar surface area (TPSA) is 63.2 Å². The molecule has 0 saturated carbocycles. The van der Waals surface area contributed by atoms with Gasteiger partial charge in [0.25, 0.3) is 0 Å². The van der Waals surface area contributed by atoms with Crippen LogP contribution in [-0.4, -0.2) is 28.6 Å². The van der Waals surface area contributed by atoms with Crippen LogP contribution in [0.5, 0.6) is 5.88 Å². The fourth-order valence-electron chi connectivity index (χ4n) is 1.72. The Morgan fingerprint density at radius 3 is 2.57 bits per heavy atom. The molecule has 1 amide bonds. The standard InChI is InChI=1S/C16H27N3O2/c1-11(2)21-15-13(8-7-9-17-15)10-18-12(3)14(20)19-16(4,5)6/h7-9,11-12,18H,10H2,1-6H3,(H,19,20). The van der Waals surface area contributed by atoms with Gasteiger partial charge in [-0.05, 0) is 47.6 Å². The second-order valence-electron chi connectivity index (χ2n) is 6.48. The fraction of sp³-hybridized carbons (Fsp3) is 0.625. The summed E-state index contributed by atoms with van der Waals surface area (Å²) >= 11 is 0. The van der Waals surface area contributed by atoms with Gasteiger partial charge < -0.3 is 15.4 Å². The molecular formula is C16H27N3O2. The molecule has 1 unspecified atom stereocenters. The molecule has 5 nitrogen and oxygen atoms in total. The number of amides is 1. The number of rotatable bonds is 6. The number of ether oxygens (including phenoxy) is 1. The zero-order valence-corrected chi connectivity index (χ0v) is 13.9. The van der Waals surface area contributed by atoms with Gasteiger partial charge in [-0.15, -0.1) is 0 Å². The summed E-state index contributed by atoms with van der Waals surface area (Å²) in [5.74, 6) is 0.598. The first kappa shape index (κ1) is 17.4. The summed E-state index contributed by atoms with van der Waals surface area (Å²) in [6.45, 7) is 12.2. The zero-order chi connectivity index (χ0) is 16.0. The molecule has 1 atom stereocenters. The van der Waals surface area contributed by atoms with Crippen molar-refractivity contribution < 1.29 is 9.53 Å². The van der Waals surface area contributed by atoms with Crippen LogP contribution in [0.1, 0.15) is 47.1 Å². The predicted octanol–water partition coefficient (Wildman–Crippen LogP) is 2.26. The molecule has 0 radical (unpaired) electrons. The zero-order valence-electron chi connectivity index (χ0n) is 13.9. The van der Waals surface area contributed by atoms with E-state index in [1.165, 1.54) is 0 Å². The number of hydrogen-bond acceptors (Lipinski definition) is 4. The van der Waals surface area contributed by atoms with Crippen molar-refractivity contribution in [2.75, 3.05) is 0 Å². The molecule has 21 heavy (non-hydrogen) atoms. The third-order valence-electron chi connectivity index (χ3n) is 2.69. The van der Waals surface area contributed by atoms with E-state index in [0.717, 1.165) is 5.56 Å². The minimum absolute atomic E-state index is 0.0160. The lowest BCUT2D eigenvalue weighted by Crippen LogP contribution is -2.49. The van der Waals surface area contributed by atoms with Crippen molar-refractivity contribution in [3.8, 4) is 5.88 Å². The Morgan fingerprint density at radius 2 is 2.00 bits per heavy atom. The molecule has 5 heteroatoms. The Morgan fingerprint density at radius 1 is 1.33 bits per heavy atom. The number of nitrogens with zero attached hydrogens (tertiary/aromatic N) is 1. The third kappa shape index (κ3) is 6.58. The van der Waals surface area contributed by atoms with Crippen LogP contribution in [0.25, 0.3) is 0 Å². The first-order valence-electron chi connectivity index (χ1n) is 7.35. The summed E-state index contributed by atoms with van der Waals surface area (Å²) in [4.78, 5) is 16.3. The summed E-state index contributed by atoms with van der Waals surface area (Å²) < 4.78 is 5.67. The number of aromatic nitrogens is 1. The van der Waals surface area contributed by atoms with E-state index in [4.69, 9.17) is 4.74 Å². The summed E-state index contributed by atoms with van der Waals surface area (Å²) in [6, 6.07) is 3.53. The van der Waals surface area contributed by atoms with Gasteiger partial charge in [-0.25, -0.2) is 4.98 Å². The average molecular weight is 293 g/mol. The Hall–Kier alpha value is -1.62. The normalized spacial score (nSPS) is 13.1. The van der Waals surface area contributed by atoms with E-state index in [0.29, 0.717) is 12.4 Å². The van der Waals surface area contributed by atoms with Gasteiger partial charge in [0, 0.05) is 23.8 Å². The molecule has 1 aromatic heterocycles. The van der Waals surface area contributed by atoms with Crippen molar-refractivity contribution in [1.82, 2.24) is 15.6 Å². The highest BCUT2D eigenvalue weighted by atomic mass is 16.5. The fourth-order valence-corrected chi connectivity index (χ4v) is 1.72. The van der Waals surface area contributed by atoms with Gasteiger partial charge in [0.2, 0.25) is 11.8 Å². The molecule has 0 spiro atoms. The van der Waals surface area contributed by atoms with Gasteiger partial charge in [-0.3, -0.25) is 4.79 Å². The van der Waals surface area contributed by atoms with Crippen molar-refractivity contribution in [3.63, 3.8) is 0 Å². The van der Waals surface area contributed by atoms with E-state index in [1.54, 1.807) is 6.20 Å². The number of nitrogens with one attached hydrogen (secondary N) is 2. The molecule has 1 aromatic rings. The number of carbonyl (C=O) groups excluding carboxylic acids is 1. The molecule has 0 saturated heterocycles. The molecular weight excluding hydrogens is 266 g/mol. The van der Waals surface area contributed by atoms with Crippen molar-refractivity contribution in [3.05, 3.63) is 23.9 Å². The molecule has 0 aliphatic heterocycles. The van der Waals surface area contributed by atoms with E-state index in [1.807, 2.05) is 53.7 Å². The van der Waals surface area contributed by atoms with Crippen LogP contribution in [0.2, 0.25) is 0 Å². The number of pyridine rings is 1. The van der Waals surface area contributed by atoms with Crippen LogP contribution < -0.4 is 15.4 Å². The number of carbonyl (C=O) groups is 1. The Kier molecular flexibility index (Phi) is 6.15. The molecule has 0 fully saturated rings. The smallest absolute Gasteiger partial charge is 0.237 e. The lowest BCUT2D eigenvalue weighted by atomic mass is 10.1. The largest absolute Gasteiger partial charge is 0.475 e. The Bertz CT molecular complexity index is 467. The lowest BCUT2D eigenvalue weighted by molar-refractivity contribution is -0.124. The van der Waals surface area contributed by atoms with Crippen molar-refractivity contribution >= 4 is 5.91 Å². The Labute approximate surface area is 127 Å². The second-order valence-corrected chi connectivity index (χ2v) is 6.48. The summed E-state index contributed by atoms with van der Waals surface area (Å²) in [5, 5.41) is 6.16. The molecule has 2 N–H and O–H groups in total. The average Bonchev–Trinajstić information content (AvgIpc) is 2.34. The maximum atomic E-state index is 12.0. The van der Waals surface area contributed by atoms with Gasteiger partial charge in [0.05, 0.1) is 12.1 Å². The highest BCUT2D eigenvalue weighted by Gasteiger charge is 2.19. The van der Waals surface area contributed by atoms with Crippen LogP contribution in [-0.2, 0) is 11.3 Å². The van der Waals surface area contributed by atoms with Crippen molar-refractivity contribution in [1.29, 1.82) is 0 Å². The molecule has 0 aliphatic carbocycles. The quantitative estimate of drug-likeness (QED) is 0.844. The van der Waals surface area contributed by atoms with Crippen LogP contribution in [0.15, 0.2) is 18.3 Å². The SMILES string of the molecule is CC(C)Oc1ncccc1CNC(C)C(=O)NC(C)(C)C. The second kappa shape index (κ2) is 7.41. The Balaban J connectivity index is 2.61. The molecule has 1 rings (SSSR count). The van der Waals surface area contributed by atoms with E-state index in [2.05, 4.69) is 15.6 Å². The monoisotopic (exact) mass is 293 g/mol. The van der Waals surface area contributed by atoms with Crippen molar-refractivity contribution in [2.24, 2.45) is 0 Å². The predicted molar refractivity (Wildman–Crippen MR) is 84.2 cm³/mol. The van der Waals surface area contributed by atoms with Crippen LogP contribution >= 0.6 is 0 Å². The third-order valence-corrected chi connectivity index (χ3v) is 2.69. The van der Waals surface area contributed by atoms with E-state index in [9.17, 15) is 4.79 Å². The van der Waals surface area contributed by atoms with Gasteiger partial charge in [0.1, 0.15) is 0 Å². The minimum Gasteiger partial charge on any atom is -0.475 e. The minimum atomic E-state index is -0.281. The van der Waals surface area contributed by atoms with Crippen LogP contribution in [0.3, 0.4) is 0 Å². The van der Waals surface area contributed by atoms with Crippen molar-refractivity contribution in [2.45, 2.75) is 65.8 Å².